The molecule has 4 heteroatoms. The fourth-order valence-corrected chi connectivity index (χ4v) is 3.54. The molecule has 0 saturated carbocycles. The molecule has 1 heterocycles. The zero-order valence-corrected chi connectivity index (χ0v) is 14.4. The van der Waals surface area contributed by atoms with Crippen LogP contribution in [0.4, 0.5) is 0 Å². The number of aromatic nitrogens is 1. The van der Waals surface area contributed by atoms with E-state index in [4.69, 9.17) is 5.73 Å². The van der Waals surface area contributed by atoms with E-state index in [1.54, 1.807) is 11.3 Å². The molecular formula is C17H25N3S. The first-order valence-electron chi connectivity index (χ1n) is 7.31. The smallest absolute Gasteiger partial charge is 0.0798 e. The summed E-state index contributed by atoms with van der Waals surface area (Å²) in [7, 11) is 2.14. The Balaban J connectivity index is 2.27. The molecule has 2 aromatic rings. The average Bonchev–Trinajstić information content (AvgIpc) is 2.82. The highest BCUT2D eigenvalue weighted by Gasteiger charge is 2.19. The van der Waals surface area contributed by atoms with E-state index in [2.05, 4.69) is 56.8 Å². The predicted molar refractivity (Wildman–Crippen MR) is 90.8 cm³/mol. The van der Waals surface area contributed by atoms with E-state index in [9.17, 15) is 0 Å². The molecule has 0 saturated heterocycles. The Hall–Kier alpha value is -1.23. The lowest BCUT2D eigenvalue weighted by atomic mass is 9.95. The summed E-state index contributed by atoms with van der Waals surface area (Å²) in [6.45, 7) is 10.1. The number of benzene rings is 1. The molecule has 114 valence electrons. The van der Waals surface area contributed by atoms with Gasteiger partial charge in [-0.1, -0.05) is 12.1 Å². The summed E-state index contributed by atoms with van der Waals surface area (Å²) in [5, 5.41) is 0. The first-order chi connectivity index (χ1) is 9.93. The molecule has 0 spiro atoms. The van der Waals surface area contributed by atoms with Crippen molar-refractivity contribution in [2.24, 2.45) is 5.73 Å². The molecule has 1 aromatic heterocycles. The monoisotopic (exact) mass is 303 g/mol. The number of nitrogens with zero attached hydrogens (tertiary/aromatic N) is 2. The summed E-state index contributed by atoms with van der Waals surface area (Å²) in [5.74, 6) is 0. The molecule has 0 aliphatic heterocycles. The van der Waals surface area contributed by atoms with Crippen LogP contribution in [-0.2, 0) is 6.54 Å². The quantitative estimate of drug-likeness (QED) is 0.919. The minimum atomic E-state index is 0.241. The summed E-state index contributed by atoms with van der Waals surface area (Å²) in [5.41, 5.74) is 14.4. The second kappa shape index (κ2) is 6.69. The van der Waals surface area contributed by atoms with Crippen LogP contribution < -0.4 is 5.73 Å². The third kappa shape index (κ3) is 3.51. The van der Waals surface area contributed by atoms with Gasteiger partial charge >= 0.3 is 0 Å². The maximum atomic E-state index is 6.08. The number of thiazole rings is 1. The van der Waals surface area contributed by atoms with Gasteiger partial charge in [0.1, 0.15) is 0 Å². The van der Waals surface area contributed by atoms with E-state index in [-0.39, 0.29) is 6.04 Å². The van der Waals surface area contributed by atoms with E-state index in [0.717, 1.165) is 12.2 Å². The minimum Gasteiger partial charge on any atom is -0.329 e. The predicted octanol–water partition coefficient (Wildman–Crippen LogP) is 3.51. The minimum absolute atomic E-state index is 0.241. The van der Waals surface area contributed by atoms with Crippen molar-refractivity contribution in [1.82, 2.24) is 9.88 Å². The summed E-state index contributed by atoms with van der Waals surface area (Å²) in [6.07, 6.45) is 0. The van der Waals surface area contributed by atoms with Gasteiger partial charge < -0.3 is 5.73 Å². The van der Waals surface area contributed by atoms with E-state index >= 15 is 0 Å². The van der Waals surface area contributed by atoms with Crippen molar-refractivity contribution in [2.45, 2.75) is 40.3 Å². The molecule has 0 fully saturated rings. The molecule has 21 heavy (non-hydrogen) atoms. The number of likely N-dealkylation sites (N-methyl/N-ethyl adjacent to an activating group) is 1. The van der Waals surface area contributed by atoms with E-state index < -0.39 is 0 Å². The molecule has 1 aromatic carbocycles. The summed E-state index contributed by atoms with van der Waals surface area (Å²) in [4.78, 5) is 7.98. The maximum Gasteiger partial charge on any atom is 0.0798 e. The van der Waals surface area contributed by atoms with Crippen LogP contribution >= 0.6 is 11.3 Å². The van der Waals surface area contributed by atoms with Crippen LogP contribution in [0.3, 0.4) is 0 Å². The average molecular weight is 303 g/mol. The van der Waals surface area contributed by atoms with Gasteiger partial charge in [-0.25, -0.2) is 4.98 Å². The van der Waals surface area contributed by atoms with Gasteiger partial charge in [-0.05, 0) is 57.0 Å². The fraction of sp³-hybridized carbons (Fsp3) is 0.471. The lowest BCUT2D eigenvalue weighted by Crippen LogP contribution is -2.30. The second-order valence-corrected chi connectivity index (χ2v) is 6.76. The zero-order chi connectivity index (χ0) is 15.6. The normalized spacial score (nSPS) is 12.9. The molecule has 0 aliphatic rings. The van der Waals surface area contributed by atoms with Gasteiger partial charge in [0.15, 0.2) is 0 Å². The van der Waals surface area contributed by atoms with Gasteiger partial charge in [0.05, 0.1) is 11.2 Å². The molecular weight excluding hydrogens is 278 g/mol. The SMILES string of the molecule is Cc1cc(C)c(C(CN)N(C)Cc2scnc2C)cc1C. The van der Waals surface area contributed by atoms with Crippen molar-refractivity contribution in [1.29, 1.82) is 0 Å². The lowest BCUT2D eigenvalue weighted by molar-refractivity contribution is 0.242. The van der Waals surface area contributed by atoms with Gasteiger partial charge in [-0.15, -0.1) is 11.3 Å². The number of aryl methyl sites for hydroxylation is 4. The summed E-state index contributed by atoms with van der Waals surface area (Å²) < 4.78 is 0. The molecule has 0 aliphatic carbocycles. The van der Waals surface area contributed by atoms with Crippen LogP contribution in [0.1, 0.15) is 38.9 Å². The molecule has 2 N–H and O–H groups in total. The molecule has 1 unspecified atom stereocenters. The van der Waals surface area contributed by atoms with Crippen LogP contribution in [0, 0.1) is 27.7 Å². The topological polar surface area (TPSA) is 42.1 Å². The van der Waals surface area contributed by atoms with Crippen molar-refractivity contribution >= 4 is 11.3 Å². The lowest BCUT2D eigenvalue weighted by Gasteiger charge is -2.29. The van der Waals surface area contributed by atoms with Crippen molar-refractivity contribution in [3.63, 3.8) is 0 Å². The van der Waals surface area contributed by atoms with E-state index in [1.807, 2.05) is 5.51 Å². The maximum absolute atomic E-state index is 6.08. The van der Waals surface area contributed by atoms with Gasteiger partial charge in [0, 0.05) is 24.0 Å². The second-order valence-electron chi connectivity index (χ2n) is 5.82. The van der Waals surface area contributed by atoms with Crippen LogP contribution in [0.25, 0.3) is 0 Å². The van der Waals surface area contributed by atoms with Crippen molar-refractivity contribution in [3.8, 4) is 0 Å². The Morgan fingerprint density at radius 1 is 1.14 bits per heavy atom. The Morgan fingerprint density at radius 3 is 2.38 bits per heavy atom. The first-order valence-corrected chi connectivity index (χ1v) is 8.19. The van der Waals surface area contributed by atoms with Gasteiger partial charge in [0.2, 0.25) is 0 Å². The molecule has 0 bridgehead atoms. The highest BCUT2D eigenvalue weighted by Crippen LogP contribution is 2.27. The van der Waals surface area contributed by atoms with Crippen molar-refractivity contribution in [3.05, 3.63) is 50.5 Å². The number of nitrogens with two attached hydrogens (primary N) is 1. The third-order valence-corrected chi connectivity index (χ3v) is 5.15. The molecule has 3 nitrogen and oxygen atoms in total. The van der Waals surface area contributed by atoms with Crippen LogP contribution in [0.5, 0.6) is 0 Å². The largest absolute Gasteiger partial charge is 0.329 e. The Morgan fingerprint density at radius 2 is 1.81 bits per heavy atom. The third-order valence-electron chi connectivity index (χ3n) is 4.23. The summed E-state index contributed by atoms with van der Waals surface area (Å²) >= 11 is 1.72. The standard InChI is InChI=1S/C17H25N3S/c1-11-6-13(3)15(7-12(11)2)16(8-18)20(5)9-17-14(4)19-10-21-17/h6-7,10,16H,8-9,18H2,1-5H3. The molecule has 0 amide bonds. The number of hydrogen-bond acceptors (Lipinski definition) is 4. The molecule has 1 atom stereocenters. The van der Waals surface area contributed by atoms with Crippen molar-refractivity contribution in [2.75, 3.05) is 13.6 Å². The van der Waals surface area contributed by atoms with Crippen molar-refractivity contribution < 1.29 is 0 Å². The van der Waals surface area contributed by atoms with Crippen LogP contribution in [0.2, 0.25) is 0 Å². The highest BCUT2D eigenvalue weighted by atomic mass is 32.1. The van der Waals surface area contributed by atoms with Gasteiger partial charge in [0.25, 0.3) is 0 Å². The fourth-order valence-electron chi connectivity index (χ4n) is 2.70. The first kappa shape index (κ1) is 16.1. The summed E-state index contributed by atoms with van der Waals surface area (Å²) in [6, 6.07) is 4.79. The number of rotatable bonds is 5. The number of hydrogen-bond donors (Lipinski definition) is 1. The van der Waals surface area contributed by atoms with Crippen LogP contribution in [0.15, 0.2) is 17.6 Å². The van der Waals surface area contributed by atoms with E-state index in [0.29, 0.717) is 6.54 Å². The van der Waals surface area contributed by atoms with Crippen LogP contribution in [-0.4, -0.2) is 23.5 Å². The van der Waals surface area contributed by atoms with Gasteiger partial charge in [-0.3, -0.25) is 4.90 Å². The molecule has 2 rings (SSSR count). The highest BCUT2D eigenvalue weighted by molar-refractivity contribution is 7.09. The Kier molecular flexibility index (Phi) is 5.14. The molecule has 0 radical (unpaired) electrons. The Labute approximate surface area is 131 Å². The Bertz CT molecular complexity index is 618. The van der Waals surface area contributed by atoms with E-state index in [1.165, 1.54) is 27.1 Å². The van der Waals surface area contributed by atoms with Gasteiger partial charge in [-0.2, -0.15) is 0 Å². The zero-order valence-electron chi connectivity index (χ0n) is 13.6.